The largest absolute Gasteiger partial charge is 0.278 e. The third-order valence-corrected chi connectivity index (χ3v) is 2.73. The van der Waals surface area contributed by atoms with Crippen LogP contribution in [0.5, 0.6) is 0 Å². The summed E-state index contributed by atoms with van der Waals surface area (Å²) in [7, 11) is 0. The van der Waals surface area contributed by atoms with Gasteiger partial charge in [-0.1, -0.05) is 24.3 Å². The van der Waals surface area contributed by atoms with Gasteiger partial charge >= 0.3 is 0 Å². The maximum absolute atomic E-state index is 10.9. The number of para-hydroxylation sites is 1. The molecule has 3 aromatic rings. The molecule has 0 atom stereocenters. The molecule has 0 bridgehead atoms. The van der Waals surface area contributed by atoms with Gasteiger partial charge in [-0.15, -0.1) is 0 Å². The first-order valence-electron chi connectivity index (χ1n) is 5.18. The maximum Gasteiger partial charge on any atom is 0.278 e. The van der Waals surface area contributed by atoms with Crippen molar-refractivity contribution in [2.45, 2.75) is 0 Å². The van der Waals surface area contributed by atoms with Gasteiger partial charge in [-0.25, -0.2) is 4.98 Å². The SMILES string of the molecule is O=[N+]([O-])c1cccc2nc3ccccc3cc12. The first-order chi connectivity index (χ1) is 8.25. The molecule has 1 aromatic heterocycles. The Bertz CT molecular complexity index is 738. The molecule has 0 spiro atoms. The van der Waals surface area contributed by atoms with Crippen molar-refractivity contribution in [2.75, 3.05) is 0 Å². The number of nitro groups is 1. The maximum atomic E-state index is 10.9. The first kappa shape index (κ1) is 9.72. The number of nitro benzene ring substituents is 1. The standard InChI is InChI=1S/C13H8N2O2/c16-15(17)13-7-3-6-12-10(13)8-9-4-1-2-5-11(9)14-12/h1-8H. The van der Waals surface area contributed by atoms with Crippen molar-refractivity contribution in [3.63, 3.8) is 0 Å². The van der Waals surface area contributed by atoms with E-state index in [2.05, 4.69) is 4.98 Å². The highest BCUT2D eigenvalue weighted by atomic mass is 16.6. The van der Waals surface area contributed by atoms with Crippen LogP contribution in [0.15, 0.2) is 48.5 Å². The molecule has 82 valence electrons. The fourth-order valence-corrected chi connectivity index (χ4v) is 1.94. The molecule has 1 heterocycles. The van der Waals surface area contributed by atoms with Crippen LogP contribution in [0.1, 0.15) is 0 Å². The van der Waals surface area contributed by atoms with Crippen molar-refractivity contribution in [3.8, 4) is 0 Å². The molecule has 0 radical (unpaired) electrons. The Labute approximate surface area is 96.7 Å². The number of non-ortho nitro benzene ring substituents is 1. The number of benzene rings is 2. The number of nitrogens with zero attached hydrogens (tertiary/aromatic N) is 2. The lowest BCUT2D eigenvalue weighted by atomic mass is 10.1. The number of hydrogen-bond donors (Lipinski definition) is 0. The second-order valence-electron chi connectivity index (χ2n) is 3.78. The van der Waals surface area contributed by atoms with Gasteiger partial charge in [0.15, 0.2) is 0 Å². The summed E-state index contributed by atoms with van der Waals surface area (Å²) in [5.74, 6) is 0. The number of aromatic nitrogens is 1. The van der Waals surface area contributed by atoms with E-state index in [1.165, 1.54) is 6.07 Å². The molecule has 0 saturated heterocycles. The molecule has 0 saturated carbocycles. The zero-order valence-electron chi connectivity index (χ0n) is 8.83. The number of pyridine rings is 1. The fourth-order valence-electron chi connectivity index (χ4n) is 1.94. The number of hydrogen-bond acceptors (Lipinski definition) is 3. The lowest BCUT2D eigenvalue weighted by Crippen LogP contribution is -1.90. The Morgan fingerprint density at radius 2 is 1.76 bits per heavy atom. The van der Waals surface area contributed by atoms with E-state index < -0.39 is 0 Å². The summed E-state index contributed by atoms with van der Waals surface area (Å²) >= 11 is 0. The summed E-state index contributed by atoms with van der Waals surface area (Å²) in [6.45, 7) is 0. The molecule has 17 heavy (non-hydrogen) atoms. The molecule has 4 heteroatoms. The van der Waals surface area contributed by atoms with Gasteiger partial charge in [-0.3, -0.25) is 10.1 Å². The molecule has 3 rings (SSSR count). The van der Waals surface area contributed by atoms with E-state index >= 15 is 0 Å². The highest BCUT2D eigenvalue weighted by molar-refractivity contribution is 5.97. The third-order valence-electron chi connectivity index (χ3n) is 2.73. The van der Waals surface area contributed by atoms with Gasteiger partial charge < -0.3 is 0 Å². The molecule has 0 fully saturated rings. The van der Waals surface area contributed by atoms with Gasteiger partial charge in [-0.2, -0.15) is 0 Å². The van der Waals surface area contributed by atoms with E-state index in [9.17, 15) is 10.1 Å². The Morgan fingerprint density at radius 3 is 2.59 bits per heavy atom. The predicted octanol–water partition coefficient (Wildman–Crippen LogP) is 3.30. The average molecular weight is 224 g/mol. The Kier molecular flexibility index (Phi) is 2.01. The van der Waals surface area contributed by atoms with E-state index in [1.54, 1.807) is 12.1 Å². The molecule has 0 unspecified atom stereocenters. The van der Waals surface area contributed by atoms with Gasteiger partial charge in [0.25, 0.3) is 5.69 Å². The van der Waals surface area contributed by atoms with Gasteiger partial charge in [0.1, 0.15) is 0 Å². The summed E-state index contributed by atoms with van der Waals surface area (Å²) < 4.78 is 0. The minimum atomic E-state index is -0.376. The van der Waals surface area contributed by atoms with E-state index in [4.69, 9.17) is 0 Å². The summed E-state index contributed by atoms with van der Waals surface area (Å²) in [6.07, 6.45) is 0. The molecule has 0 aliphatic carbocycles. The van der Waals surface area contributed by atoms with Gasteiger partial charge in [0, 0.05) is 11.5 Å². The molecular weight excluding hydrogens is 216 g/mol. The monoisotopic (exact) mass is 224 g/mol. The molecule has 4 nitrogen and oxygen atoms in total. The molecule has 0 aliphatic heterocycles. The Hall–Kier alpha value is -2.49. The molecule has 0 amide bonds. The van der Waals surface area contributed by atoms with Crippen molar-refractivity contribution in [1.82, 2.24) is 4.98 Å². The highest BCUT2D eigenvalue weighted by Crippen LogP contribution is 2.27. The highest BCUT2D eigenvalue weighted by Gasteiger charge is 2.12. The summed E-state index contributed by atoms with van der Waals surface area (Å²) in [5.41, 5.74) is 1.60. The van der Waals surface area contributed by atoms with Crippen LogP contribution in [0.3, 0.4) is 0 Å². The van der Waals surface area contributed by atoms with Crippen LogP contribution in [-0.2, 0) is 0 Å². The van der Waals surface area contributed by atoms with Crippen LogP contribution in [0.4, 0.5) is 5.69 Å². The van der Waals surface area contributed by atoms with Crippen LogP contribution in [-0.4, -0.2) is 9.91 Å². The van der Waals surface area contributed by atoms with Crippen molar-refractivity contribution >= 4 is 27.5 Å². The molecule has 0 aliphatic rings. The number of fused-ring (bicyclic) bond motifs is 2. The van der Waals surface area contributed by atoms with E-state index in [-0.39, 0.29) is 10.6 Å². The van der Waals surface area contributed by atoms with Crippen molar-refractivity contribution in [1.29, 1.82) is 0 Å². The van der Waals surface area contributed by atoms with E-state index in [0.717, 1.165) is 10.9 Å². The third kappa shape index (κ3) is 1.50. The van der Waals surface area contributed by atoms with Crippen molar-refractivity contribution in [2.24, 2.45) is 0 Å². The quantitative estimate of drug-likeness (QED) is 0.362. The van der Waals surface area contributed by atoms with Crippen LogP contribution in [0.2, 0.25) is 0 Å². The Morgan fingerprint density at radius 1 is 1.00 bits per heavy atom. The van der Waals surface area contributed by atoms with E-state index in [1.807, 2.05) is 30.3 Å². The summed E-state index contributed by atoms with van der Waals surface area (Å²) in [4.78, 5) is 15.0. The summed E-state index contributed by atoms with van der Waals surface area (Å²) in [6, 6.07) is 14.3. The van der Waals surface area contributed by atoms with Crippen LogP contribution >= 0.6 is 0 Å². The normalized spacial score (nSPS) is 10.8. The predicted molar refractivity (Wildman–Crippen MR) is 65.9 cm³/mol. The van der Waals surface area contributed by atoms with Crippen molar-refractivity contribution < 1.29 is 4.92 Å². The van der Waals surface area contributed by atoms with Crippen LogP contribution in [0.25, 0.3) is 21.8 Å². The van der Waals surface area contributed by atoms with Crippen molar-refractivity contribution in [3.05, 3.63) is 58.6 Å². The zero-order chi connectivity index (χ0) is 11.8. The second kappa shape index (κ2) is 3.52. The second-order valence-corrected chi connectivity index (χ2v) is 3.78. The molecule has 0 N–H and O–H groups in total. The van der Waals surface area contributed by atoms with Gasteiger partial charge in [0.05, 0.1) is 21.3 Å². The van der Waals surface area contributed by atoms with E-state index in [0.29, 0.717) is 10.9 Å². The van der Waals surface area contributed by atoms with Gasteiger partial charge in [-0.05, 0) is 18.2 Å². The molecular formula is C13H8N2O2. The smallest absolute Gasteiger partial charge is 0.258 e. The minimum Gasteiger partial charge on any atom is -0.258 e. The average Bonchev–Trinajstić information content (AvgIpc) is 2.35. The Balaban J connectivity index is 2.47. The lowest BCUT2D eigenvalue weighted by molar-refractivity contribution is -0.383. The van der Waals surface area contributed by atoms with Crippen LogP contribution in [0, 0.1) is 10.1 Å². The summed E-state index contributed by atoms with van der Waals surface area (Å²) in [5, 5.41) is 12.4. The zero-order valence-corrected chi connectivity index (χ0v) is 8.83. The fraction of sp³-hybridized carbons (Fsp3) is 0. The van der Waals surface area contributed by atoms with Crippen LogP contribution < -0.4 is 0 Å². The lowest BCUT2D eigenvalue weighted by Gasteiger charge is -2.01. The van der Waals surface area contributed by atoms with Gasteiger partial charge in [0.2, 0.25) is 0 Å². The molecule has 2 aromatic carbocycles. The number of rotatable bonds is 1. The minimum absolute atomic E-state index is 0.0979. The first-order valence-corrected chi connectivity index (χ1v) is 5.18. The topological polar surface area (TPSA) is 56.0 Å².